The van der Waals surface area contributed by atoms with Gasteiger partial charge in [0.05, 0.1) is 17.6 Å². The van der Waals surface area contributed by atoms with Gasteiger partial charge in [0.25, 0.3) is 0 Å². The van der Waals surface area contributed by atoms with E-state index in [1.165, 1.54) is 0 Å². The molecule has 3 atom stereocenters. The maximum Gasteiger partial charge on any atom is 0.156 e. The van der Waals surface area contributed by atoms with Gasteiger partial charge in [-0.3, -0.25) is 0 Å². The van der Waals surface area contributed by atoms with E-state index < -0.39 is 28.1 Å². The highest BCUT2D eigenvalue weighted by Gasteiger charge is 2.38. The fraction of sp³-hybridized carbons (Fsp3) is 0.538. The molecule has 3 unspecified atom stereocenters. The van der Waals surface area contributed by atoms with E-state index in [1.807, 2.05) is 6.92 Å². The minimum absolute atomic E-state index is 0.190. The third kappa shape index (κ3) is 3.26. The molecule has 0 amide bonds. The van der Waals surface area contributed by atoms with Gasteiger partial charge in [-0.2, -0.15) is 0 Å². The summed E-state index contributed by atoms with van der Waals surface area (Å²) in [6.45, 7) is 1.84. The first-order valence-electron chi connectivity index (χ1n) is 6.25. The molecular weight excluding hydrogens is 268 g/mol. The molecule has 1 fully saturated rings. The Morgan fingerprint density at radius 1 is 1.37 bits per heavy atom. The van der Waals surface area contributed by atoms with Crippen LogP contribution in [0.4, 0.5) is 0 Å². The average Bonchev–Trinajstić information content (AvgIpc) is 2.62. The Hall–Kier alpha value is -1.11. The Morgan fingerprint density at radius 3 is 2.63 bits per heavy atom. The van der Waals surface area contributed by atoms with Crippen LogP contribution in [0.3, 0.4) is 0 Å². The monoisotopic (exact) mass is 286 g/mol. The second-order valence-electron chi connectivity index (χ2n) is 4.76. The first kappa shape index (κ1) is 14.3. The zero-order valence-corrected chi connectivity index (χ0v) is 11.5. The van der Waals surface area contributed by atoms with Crippen molar-refractivity contribution >= 4 is 9.84 Å². The Bertz CT molecular complexity index is 540. The zero-order chi connectivity index (χ0) is 14.0. The van der Waals surface area contributed by atoms with Gasteiger partial charge in [-0.15, -0.1) is 0 Å². The lowest BCUT2D eigenvalue weighted by atomic mass is 10.1. The number of benzene rings is 1. The van der Waals surface area contributed by atoms with Gasteiger partial charge in [0.2, 0.25) is 0 Å². The summed E-state index contributed by atoms with van der Waals surface area (Å²) in [5.41, 5.74) is 0.612. The van der Waals surface area contributed by atoms with Crippen molar-refractivity contribution in [3.63, 3.8) is 0 Å². The molecule has 106 valence electrons. The number of hydrogen-bond donors (Lipinski definition) is 2. The van der Waals surface area contributed by atoms with Crippen molar-refractivity contribution in [1.29, 1.82) is 0 Å². The fourth-order valence-electron chi connectivity index (χ4n) is 2.16. The highest BCUT2D eigenvalue weighted by Crippen LogP contribution is 2.29. The van der Waals surface area contributed by atoms with Gasteiger partial charge in [0.15, 0.2) is 9.84 Å². The van der Waals surface area contributed by atoms with Crippen molar-refractivity contribution in [2.24, 2.45) is 0 Å². The van der Waals surface area contributed by atoms with Crippen molar-refractivity contribution in [1.82, 2.24) is 0 Å². The minimum Gasteiger partial charge on any atom is -0.486 e. The summed E-state index contributed by atoms with van der Waals surface area (Å²) in [6, 6.07) is 6.94. The van der Waals surface area contributed by atoms with Crippen LogP contribution >= 0.6 is 0 Å². The molecule has 0 saturated carbocycles. The highest BCUT2D eigenvalue weighted by atomic mass is 32.2. The maximum absolute atomic E-state index is 11.4. The van der Waals surface area contributed by atoms with Gasteiger partial charge in [-0.05, 0) is 12.5 Å². The first-order chi connectivity index (χ1) is 8.93. The lowest BCUT2D eigenvalue weighted by molar-refractivity contribution is 0.0700. The van der Waals surface area contributed by atoms with E-state index in [9.17, 15) is 18.6 Å². The van der Waals surface area contributed by atoms with E-state index >= 15 is 0 Å². The predicted octanol–water partition coefficient (Wildman–Crippen LogP) is 0.667. The molecule has 1 aromatic carbocycles. The summed E-state index contributed by atoms with van der Waals surface area (Å²) < 4.78 is 28.4. The summed E-state index contributed by atoms with van der Waals surface area (Å²) in [5.74, 6) is -0.0288. The maximum atomic E-state index is 11.4. The molecule has 5 nitrogen and oxygen atoms in total. The number of ether oxygens (including phenoxy) is 1. The molecule has 1 aliphatic heterocycles. The molecule has 19 heavy (non-hydrogen) atoms. The normalized spacial score (nSPS) is 27.1. The summed E-state index contributed by atoms with van der Waals surface area (Å²) in [4.78, 5) is 0. The van der Waals surface area contributed by atoms with Crippen LogP contribution in [-0.2, 0) is 9.84 Å². The Kier molecular flexibility index (Phi) is 4.13. The standard InChI is InChI=1S/C13H18O5S/c1-2-10(14)9-5-3-4-6-12(9)18-13-8-19(16,17)7-11(13)15/h3-6,10-11,13-15H,2,7-8H2,1H3. The summed E-state index contributed by atoms with van der Waals surface area (Å²) >= 11 is 0. The average molecular weight is 286 g/mol. The molecule has 1 saturated heterocycles. The van der Waals surface area contributed by atoms with E-state index in [0.29, 0.717) is 17.7 Å². The molecule has 0 radical (unpaired) electrons. The minimum atomic E-state index is -3.24. The van der Waals surface area contributed by atoms with Gasteiger partial charge in [0.1, 0.15) is 18.0 Å². The second kappa shape index (κ2) is 5.48. The molecule has 1 heterocycles. The van der Waals surface area contributed by atoms with E-state index in [4.69, 9.17) is 4.74 Å². The van der Waals surface area contributed by atoms with E-state index in [-0.39, 0.29) is 11.5 Å². The molecule has 2 rings (SSSR count). The van der Waals surface area contributed by atoms with Gasteiger partial charge < -0.3 is 14.9 Å². The SMILES string of the molecule is CCC(O)c1ccccc1OC1CS(=O)(=O)CC1O. The second-order valence-corrected chi connectivity index (χ2v) is 6.92. The zero-order valence-electron chi connectivity index (χ0n) is 10.7. The van der Waals surface area contributed by atoms with Crippen LogP contribution in [0.1, 0.15) is 25.0 Å². The molecular formula is C13H18O5S. The van der Waals surface area contributed by atoms with Crippen LogP contribution in [0.5, 0.6) is 5.75 Å². The first-order valence-corrected chi connectivity index (χ1v) is 8.07. The molecule has 1 aliphatic rings. The lowest BCUT2D eigenvalue weighted by Gasteiger charge is -2.20. The van der Waals surface area contributed by atoms with Crippen LogP contribution in [-0.4, -0.2) is 42.3 Å². The lowest BCUT2D eigenvalue weighted by Crippen LogP contribution is -2.30. The Balaban J connectivity index is 2.20. The van der Waals surface area contributed by atoms with Crippen molar-refractivity contribution in [2.75, 3.05) is 11.5 Å². The van der Waals surface area contributed by atoms with Gasteiger partial charge in [-0.1, -0.05) is 25.1 Å². The van der Waals surface area contributed by atoms with Gasteiger partial charge in [0, 0.05) is 5.56 Å². The number of para-hydroxylation sites is 1. The van der Waals surface area contributed by atoms with Crippen LogP contribution < -0.4 is 4.74 Å². The topological polar surface area (TPSA) is 83.8 Å². The predicted molar refractivity (Wildman–Crippen MR) is 70.8 cm³/mol. The van der Waals surface area contributed by atoms with E-state index in [0.717, 1.165) is 0 Å². The van der Waals surface area contributed by atoms with Crippen LogP contribution in [0.25, 0.3) is 0 Å². The Morgan fingerprint density at radius 2 is 2.05 bits per heavy atom. The van der Waals surface area contributed by atoms with E-state index in [1.54, 1.807) is 24.3 Å². The fourth-order valence-corrected chi connectivity index (χ4v) is 3.82. The quantitative estimate of drug-likeness (QED) is 0.850. The van der Waals surface area contributed by atoms with Gasteiger partial charge >= 0.3 is 0 Å². The smallest absolute Gasteiger partial charge is 0.156 e. The largest absolute Gasteiger partial charge is 0.486 e. The molecule has 2 N–H and O–H groups in total. The van der Waals surface area contributed by atoms with Crippen LogP contribution in [0.15, 0.2) is 24.3 Å². The van der Waals surface area contributed by atoms with Crippen molar-refractivity contribution in [3.05, 3.63) is 29.8 Å². The third-order valence-corrected chi connectivity index (χ3v) is 4.90. The third-order valence-electron chi connectivity index (χ3n) is 3.22. The molecule has 0 bridgehead atoms. The number of rotatable bonds is 4. The molecule has 0 spiro atoms. The molecule has 0 aromatic heterocycles. The molecule has 0 aliphatic carbocycles. The number of aliphatic hydroxyl groups is 2. The summed E-state index contributed by atoms with van der Waals surface area (Å²) in [5, 5.41) is 19.6. The molecule has 1 aromatic rings. The van der Waals surface area contributed by atoms with Crippen molar-refractivity contribution < 1.29 is 23.4 Å². The number of hydrogen-bond acceptors (Lipinski definition) is 5. The van der Waals surface area contributed by atoms with Crippen LogP contribution in [0.2, 0.25) is 0 Å². The number of sulfone groups is 1. The van der Waals surface area contributed by atoms with Crippen LogP contribution in [0, 0.1) is 0 Å². The van der Waals surface area contributed by atoms with Crippen molar-refractivity contribution in [2.45, 2.75) is 31.7 Å². The van der Waals surface area contributed by atoms with Crippen molar-refractivity contribution in [3.8, 4) is 5.75 Å². The summed E-state index contributed by atoms with van der Waals surface area (Å²) in [7, 11) is -3.24. The van der Waals surface area contributed by atoms with Gasteiger partial charge in [-0.25, -0.2) is 8.42 Å². The number of aliphatic hydroxyl groups excluding tert-OH is 2. The molecule has 6 heteroatoms. The van der Waals surface area contributed by atoms with E-state index in [2.05, 4.69) is 0 Å². The highest BCUT2D eigenvalue weighted by molar-refractivity contribution is 7.91. The Labute approximate surface area is 112 Å². The summed E-state index contributed by atoms with van der Waals surface area (Å²) in [6.07, 6.45) is -1.91.